The zero-order chi connectivity index (χ0) is 14.8. The number of nitrogens with zero attached hydrogens (tertiary/aromatic N) is 2. The molecular weight excluding hydrogens is 264 g/mol. The smallest absolute Gasteiger partial charge is 0.254 e. The summed E-state index contributed by atoms with van der Waals surface area (Å²) in [5, 5.41) is 4.16. The van der Waals surface area contributed by atoms with E-state index in [9.17, 15) is 9.59 Å². The molecule has 0 N–H and O–H groups in total. The molecule has 4 heteroatoms. The van der Waals surface area contributed by atoms with Gasteiger partial charge in [0.1, 0.15) is 0 Å². The second-order valence-electron chi connectivity index (χ2n) is 5.70. The predicted molar refractivity (Wildman–Crippen MR) is 80.1 cm³/mol. The molecule has 1 unspecified atom stereocenters. The van der Waals surface area contributed by atoms with E-state index in [4.69, 9.17) is 0 Å². The van der Waals surface area contributed by atoms with Gasteiger partial charge in [-0.15, -0.1) is 6.58 Å². The number of benzene rings is 1. The molecule has 1 saturated heterocycles. The average Bonchev–Trinajstić information content (AvgIpc) is 2.83. The minimum absolute atomic E-state index is 0.0212. The van der Waals surface area contributed by atoms with Crippen LogP contribution in [0.4, 0.5) is 5.69 Å². The van der Waals surface area contributed by atoms with Gasteiger partial charge in [-0.2, -0.15) is 0 Å². The summed E-state index contributed by atoms with van der Waals surface area (Å²) in [5.41, 5.74) is 1.87. The first-order valence-electron chi connectivity index (χ1n) is 7.44. The van der Waals surface area contributed by atoms with E-state index in [0.717, 1.165) is 37.2 Å². The van der Waals surface area contributed by atoms with Crippen LogP contribution in [0.3, 0.4) is 0 Å². The van der Waals surface area contributed by atoms with E-state index in [0.29, 0.717) is 6.42 Å². The maximum absolute atomic E-state index is 12.2. The molecule has 4 nitrogen and oxygen atoms in total. The van der Waals surface area contributed by atoms with Crippen molar-refractivity contribution >= 4 is 17.5 Å². The predicted octanol–water partition coefficient (Wildman–Crippen LogP) is 2.36. The first kappa shape index (κ1) is 13.9. The fraction of sp³-hybridized carbons (Fsp3) is 0.412. The summed E-state index contributed by atoms with van der Waals surface area (Å²) >= 11 is 0. The van der Waals surface area contributed by atoms with E-state index < -0.39 is 0 Å². The minimum Gasteiger partial charge on any atom is -0.342 e. The van der Waals surface area contributed by atoms with Gasteiger partial charge in [-0.05, 0) is 30.4 Å². The summed E-state index contributed by atoms with van der Waals surface area (Å²) in [6.07, 6.45) is 3.77. The zero-order valence-electron chi connectivity index (χ0n) is 12.0. The van der Waals surface area contributed by atoms with Crippen molar-refractivity contribution in [2.24, 2.45) is 5.92 Å². The summed E-state index contributed by atoms with van der Waals surface area (Å²) in [5.74, 6) is 0.286. The van der Waals surface area contributed by atoms with Crippen LogP contribution in [0.5, 0.6) is 0 Å². The summed E-state index contributed by atoms with van der Waals surface area (Å²) in [6.45, 7) is 5.05. The summed E-state index contributed by atoms with van der Waals surface area (Å²) in [4.78, 5) is 25.9. The average molecular weight is 283 g/mol. The second-order valence-corrected chi connectivity index (χ2v) is 5.70. The second kappa shape index (κ2) is 5.72. The molecule has 0 spiro atoms. The Labute approximate surface area is 124 Å². The van der Waals surface area contributed by atoms with E-state index in [1.54, 1.807) is 6.08 Å². The van der Waals surface area contributed by atoms with Crippen molar-refractivity contribution in [3.05, 3.63) is 42.5 Å². The van der Waals surface area contributed by atoms with Crippen molar-refractivity contribution in [2.75, 3.05) is 13.1 Å². The van der Waals surface area contributed by atoms with Crippen LogP contribution in [0.1, 0.15) is 30.7 Å². The van der Waals surface area contributed by atoms with E-state index in [-0.39, 0.29) is 23.7 Å². The molecule has 3 rings (SSSR count). The zero-order valence-corrected chi connectivity index (χ0v) is 12.0. The number of hydrogen-bond acceptors (Lipinski definition) is 2. The Morgan fingerprint density at radius 3 is 2.76 bits per heavy atom. The Kier molecular flexibility index (Phi) is 3.78. The van der Waals surface area contributed by atoms with Gasteiger partial charge in [-0.25, -0.2) is 5.32 Å². The van der Waals surface area contributed by atoms with Crippen LogP contribution in [-0.4, -0.2) is 29.8 Å². The molecule has 1 radical (unpaired) electrons. The summed E-state index contributed by atoms with van der Waals surface area (Å²) in [7, 11) is 0. The molecule has 2 aliphatic rings. The fourth-order valence-electron chi connectivity index (χ4n) is 3.36. The Hall–Kier alpha value is -2.10. The SMILES string of the molecule is C=CCC(=O)N1CCC(C2C(=O)[N]c3ccccc32)CC1. The van der Waals surface area contributed by atoms with Crippen LogP contribution in [0.15, 0.2) is 36.9 Å². The van der Waals surface area contributed by atoms with Gasteiger partial charge >= 0.3 is 0 Å². The van der Waals surface area contributed by atoms with Crippen molar-refractivity contribution in [3.8, 4) is 0 Å². The third-order valence-electron chi connectivity index (χ3n) is 4.45. The van der Waals surface area contributed by atoms with Gasteiger partial charge in [0.25, 0.3) is 5.91 Å². The molecule has 0 saturated carbocycles. The third kappa shape index (κ3) is 2.58. The first-order chi connectivity index (χ1) is 10.2. The topological polar surface area (TPSA) is 51.5 Å². The van der Waals surface area contributed by atoms with Gasteiger partial charge in [0.05, 0.1) is 11.6 Å². The molecule has 2 heterocycles. The first-order valence-corrected chi connectivity index (χ1v) is 7.44. The molecule has 1 atom stereocenters. The normalized spacial score (nSPS) is 21.8. The molecule has 2 amide bonds. The Balaban J connectivity index is 1.69. The quantitative estimate of drug-likeness (QED) is 0.800. The van der Waals surface area contributed by atoms with Crippen molar-refractivity contribution in [1.82, 2.24) is 10.2 Å². The van der Waals surface area contributed by atoms with Crippen molar-refractivity contribution in [1.29, 1.82) is 0 Å². The van der Waals surface area contributed by atoms with E-state index in [1.165, 1.54) is 0 Å². The lowest BCUT2D eigenvalue weighted by Crippen LogP contribution is -2.40. The van der Waals surface area contributed by atoms with Crippen LogP contribution in [0.25, 0.3) is 0 Å². The number of para-hydroxylation sites is 1. The highest BCUT2D eigenvalue weighted by molar-refractivity contribution is 5.94. The number of rotatable bonds is 3. The van der Waals surface area contributed by atoms with Crippen LogP contribution in [-0.2, 0) is 9.59 Å². The van der Waals surface area contributed by atoms with Gasteiger partial charge in [0, 0.05) is 19.5 Å². The highest BCUT2D eigenvalue weighted by atomic mass is 16.2. The maximum Gasteiger partial charge on any atom is 0.254 e. The standard InChI is InChI=1S/C17H19N2O2/c1-2-5-15(20)19-10-8-12(9-11-19)16-13-6-3-4-7-14(13)18-17(16)21/h2-4,6-7,12,16H,1,5,8-11H2. The van der Waals surface area contributed by atoms with Crippen LogP contribution in [0.2, 0.25) is 0 Å². The minimum atomic E-state index is -0.113. The number of piperidine rings is 1. The maximum atomic E-state index is 12.2. The van der Waals surface area contributed by atoms with Crippen molar-refractivity contribution in [2.45, 2.75) is 25.2 Å². The van der Waals surface area contributed by atoms with Gasteiger partial charge in [0.2, 0.25) is 5.91 Å². The van der Waals surface area contributed by atoms with Gasteiger partial charge < -0.3 is 4.90 Å². The van der Waals surface area contributed by atoms with Crippen LogP contribution >= 0.6 is 0 Å². The fourth-order valence-corrected chi connectivity index (χ4v) is 3.36. The molecule has 0 aliphatic carbocycles. The highest BCUT2D eigenvalue weighted by Crippen LogP contribution is 2.41. The highest BCUT2D eigenvalue weighted by Gasteiger charge is 2.39. The lowest BCUT2D eigenvalue weighted by Gasteiger charge is -2.34. The number of carbonyl (C=O) groups is 2. The lowest BCUT2D eigenvalue weighted by molar-refractivity contribution is -0.131. The van der Waals surface area contributed by atoms with Crippen molar-refractivity contribution in [3.63, 3.8) is 0 Å². The number of hydrogen-bond donors (Lipinski definition) is 0. The van der Waals surface area contributed by atoms with Crippen LogP contribution in [0, 0.1) is 5.92 Å². The molecule has 21 heavy (non-hydrogen) atoms. The number of likely N-dealkylation sites (tertiary alicyclic amines) is 1. The number of carbonyl (C=O) groups excluding carboxylic acids is 2. The number of amides is 2. The lowest BCUT2D eigenvalue weighted by atomic mass is 9.80. The third-order valence-corrected chi connectivity index (χ3v) is 4.45. The summed E-state index contributed by atoms with van der Waals surface area (Å²) < 4.78 is 0. The largest absolute Gasteiger partial charge is 0.342 e. The molecule has 1 aromatic carbocycles. The Bertz CT molecular complexity index is 574. The molecule has 109 valence electrons. The van der Waals surface area contributed by atoms with E-state index in [2.05, 4.69) is 11.9 Å². The van der Waals surface area contributed by atoms with Gasteiger partial charge in [-0.1, -0.05) is 24.3 Å². The van der Waals surface area contributed by atoms with Gasteiger partial charge in [-0.3, -0.25) is 9.59 Å². The molecular formula is C17H19N2O2. The van der Waals surface area contributed by atoms with Crippen molar-refractivity contribution < 1.29 is 9.59 Å². The molecule has 0 bridgehead atoms. The molecule has 1 fully saturated rings. The van der Waals surface area contributed by atoms with E-state index >= 15 is 0 Å². The van der Waals surface area contributed by atoms with Crippen LogP contribution < -0.4 is 5.32 Å². The monoisotopic (exact) mass is 283 g/mol. The number of fused-ring (bicyclic) bond motifs is 1. The molecule has 2 aliphatic heterocycles. The van der Waals surface area contributed by atoms with E-state index in [1.807, 2.05) is 29.2 Å². The molecule has 1 aromatic rings. The van der Waals surface area contributed by atoms with Gasteiger partial charge in [0.15, 0.2) is 0 Å². The Morgan fingerprint density at radius 1 is 1.33 bits per heavy atom. The summed E-state index contributed by atoms with van der Waals surface area (Å²) in [6, 6.07) is 7.77. The molecule has 0 aromatic heterocycles. The Morgan fingerprint density at radius 2 is 2.05 bits per heavy atom.